The van der Waals surface area contributed by atoms with Crippen LogP contribution in [-0.4, -0.2) is 23.1 Å². The number of alkyl halides is 3. The van der Waals surface area contributed by atoms with Gasteiger partial charge in [0.25, 0.3) is 5.78 Å². The van der Waals surface area contributed by atoms with E-state index in [1.165, 1.54) is 12.3 Å². The number of aromatic nitrogens is 1. The molecule has 0 bridgehead atoms. The van der Waals surface area contributed by atoms with Crippen molar-refractivity contribution in [3.8, 4) is 5.75 Å². The molecule has 0 radical (unpaired) electrons. The van der Waals surface area contributed by atoms with E-state index in [1.54, 1.807) is 22.8 Å². The fraction of sp³-hybridized carbons (Fsp3) is 0.250. The summed E-state index contributed by atoms with van der Waals surface area (Å²) in [5.41, 5.74) is 2.50. The lowest BCUT2D eigenvalue weighted by atomic mass is 10.1. The Labute approximate surface area is 149 Å². The molecule has 0 unspecified atom stereocenters. The number of nitrogens with zero attached hydrogens (tertiary/aromatic N) is 1. The second-order valence-corrected chi connectivity index (χ2v) is 6.17. The van der Waals surface area contributed by atoms with Crippen LogP contribution in [0.3, 0.4) is 0 Å². The number of hydrogen-bond acceptors (Lipinski definition) is 2. The summed E-state index contributed by atoms with van der Waals surface area (Å²) in [6, 6.07) is 12.3. The minimum atomic E-state index is -4.90. The van der Waals surface area contributed by atoms with Crippen LogP contribution in [0.1, 0.15) is 21.5 Å². The van der Waals surface area contributed by atoms with Crippen molar-refractivity contribution in [1.29, 1.82) is 0 Å². The summed E-state index contributed by atoms with van der Waals surface area (Å²) < 4.78 is 45.8. The Bertz CT molecular complexity index is 957. The van der Waals surface area contributed by atoms with E-state index in [-0.39, 0.29) is 12.2 Å². The molecule has 136 valence electrons. The van der Waals surface area contributed by atoms with Crippen LogP contribution in [0.25, 0.3) is 10.9 Å². The van der Waals surface area contributed by atoms with Gasteiger partial charge in [-0.05, 0) is 43.2 Å². The van der Waals surface area contributed by atoms with E-state index in [9.17, 15) is 18.0 Å². The first-order chi connectivity index (χ1) is 12.3. The highest BCUT2D eigenvalue weighted by Gasteiger charge is 2.40. The number of benzene rings is 2. The zero-order chi connectivity index (χ0) is 18.9. The molecule has 2 aromatic carbocycles. The van der Waals surface area contributed by atoms with Crippen LogP contribution < -0.4 is 4.74 Å². The number of carbonyl (C=O) groups excluding carboxylic acids is 1. The summed E-state index contributed by atoms with van der Waals surface area (Å²) in [6.07, 6.45) is -3.64. The van der Waals surface area contributed by atoms with Gasteiger partial charge in [-0.2, -0.15) is 13.2 Å². The van der Waals surface area contributed by atoms with Crippen LogP contribution in [0.5, 0.6) is 5.75 Å². The van der Waals surface area contributed by atoms with Gasteiger partial charge in [0.1, 0.15) is 12.4 Å². The number of halogens is 3. The Morgan fingerprint density at radius 2 is 1.81 bits per heavy atom. The molecule has 1 aromatic heterocycles. The van der Waals surface area contributed by atoms with E-state index >= 15 is 0 Å². The van der Waals surface area contributed by atoms with Gasteiger partial charge in [0.05, 0.1) is 12.1 Å². The maximum atomic E-state index is 12.8. The third kappa shape index (κ3) is 3.59. The van der Waals surface area contributed by atoms with Gasteiger partial charge in [-0.15, -0.1) is 0 Å². The lowest BCUT2D eigenvalue weighted by Crippen LogP contribution is -2.22. The molecule has 3 aromatic rings. The zero-order valence-corrected chi connectivity index (χ0v) is 14.4. The van der Waals surface area contributed by atoms with E-state index in [4.69, 9.17) is 4.74 Å². The van der Waals surface area contributed by atoms with Crippen molar-refractivity contribution in [2.45, 2.75) is 26.6 Å². The normalized spacial score (nSPS) is 11.7. The second kappa shape index (κ2) is 6.86. The van der Waals surface area contributed by atoms with Crippen molar-refractivity contribution in [3.63, 3.8) is 0 Å². The minimum Gasteiger partial charge on any atom is -0.492 e. The Morgan fingerprint density at radius 1 is 1.08 bits per heavy atom. The summed E-state index contributed by atoms with van der Waals surface area (Å²) >= 11 is 0. The molecule has 0 spiro atoms. The van der Waals surface area contributed by atoms with Crippen molar-refractivity contribution >= 4 is 16.7 Å². The predicted octanol–water partition coefficient (Wildman–Crippen LogP) is 5.08. The number of rotatable bonds is 5. The summed E-state index contributed by atoms with van der Waals surface area (Å²) in [5, 5.41) is 0.293. The van der Waals surface area contributed by atoms with Crippen LogP contribution in [0.2, 0.25) is 0 Å². The Balaban J connectivity index is 1.82. The van der Waals surface area contributed by atoms with Gasteiger partial charge in [-0.25, -0.2) is 0 Å². The number of hydrogen-bond donors (Lipinski definition) is 0. The molecule has 0 amide bonds. The van der Waals surface area contributed by atoms with Crippen LogP contribution in [0.15, 0.2) is 48.7 Å². The van der Waals surface area contributed by atoms with Gasteiger partial charge in [0.15, 0.2) is 0 Å². The minimum absolute atomic E-state index is 0.279. The molecule has 3 nitrogen and oxygen atoms in total. The fourth-order valence-electron chi connectivity index (χ4n) is 2.83. The molecular weight excluding hydrogens is 343 g/mol. The molecule has 0 aliphatic rings. The first kappa shape index (κ1) is 18.0. The number of aryl methyl sites for hydroxylation is 2. The first-order valence-corrected chi connectivity index (χ1v) is 8.17. The SMILES string of the molecule is Cc1ccc(OCCn2cc(C(=O)C(F)(F)F)c3ccccc32)cc1C. The highest BCUT2D eigenvalue weighted by Crippen LogP contribution is 2.28. The van der Waals surface area contributed by atoms with E-state index in [2.05, 4.69) is 0 Å². The van der Waals surface area contributed by atoms with Gasteiger partial charge in [0.2, 0.25) is 0 Å². The number of ketones is 1. The van der Waals surface area contributed by atoms with Gasteiger partial charge in [0, 0.05) is 17.1 Å². The molecule has 0 saturated heterocycles. The Hall–Kier alpha value is -2.76. The topological polar surface area (TPSA) is 31.2 Å². The van der Waals surface area contributed by atoms with E-state index in [0.29, 0.717) is 23.2 Å². The maximum Gasteiger partial charge on any atom is 0.454 e. The highest BCUT2D eigenvalue weighted by atomic mass is 19.4. The van der Waals surface area contributed by atoms with E-state index in [0.717, 1.165) is 11.1 Å². The average Bonchev–Trinajstić information content (AvgIpc) is 2.95. The number of carbonyl (C=O) groups is 1. The summed E-state index contributed by atoms with van der Waals surface area (Å²) in [5.74, 6) is -1.13. The molecule has 0 aliphatic carbocycles. The Morgan fingerprint density at radius 3 is 2.50 bits per heavy atom. The molecule has 0 aliphatic heterocycles. The summed E-state index contributed by atoms with van der Waals surface area (Å²) in [7, 11) is 0. The average molecular weight is 361 g/mol. The number of Topliss-reactive ketones (excluding diaryl/α,β-unsaturated/α-hetero) is 1. The quantitative estimate of drug-likeness (QED) is 0.593. The van der Waals surface area contributed by atoms with E-state index in [1.807, 2.05) is 32.0 Å². The number of ether oxygens (including phenoxy) is 1. The monoisotopic (exact) mass is 361 g/mol. The van der Waals surface area contributed by atoms with Crippen LogP contribution in [0.4, 0.5) is 13.2 Å². The fourth-order valence-corrected chi connectivity index (χ4v) is 2.83. The lowest BCUT2D eigenvalue weighted by molar-refractivity contribution is -0.0884. The molecule has 0 N–H and O–H groups in total. The predicted molar refractivity (Wildman–Crippen MR) is 93.7 cm³/mol. The van der Waals surface area contributed by atoms with Crippen molar-refractivity contribution in [2.75, 3.05) is 6.61 Å². The number of fused-ring (bicyclic) bond motifs is 1. The largest absolute Gasteiger partial charge is 0.492 e. The van der Waals surface area contributed by atoms with Crippen molar-refractivity contribution in [2.24, 2.45) is 0 Å². The molecule has 0 saturated carbocycles. The standard InChI is InChI=1S/C20H18F3NO2/c1-13-7-8-15(11-14(13)2)26-10-9-24-12-17(19(25)20(21,22)23)16-5-3-4-6-18(16)24/h3-8,11-12H,9-10H2,1-2H3. The van der Waals surface area contributed by atoms with Crippen LogP contribution in [-0.2, 0) is 6.54 Å². The van der Waals surface area contributed by atoms with Crippen molar-refractivity contribution in [1.82, 2.24) is 4.57 Å². The summed E-state index contributed by atoms with van der Waals surface area (Å²) in [6.45, 7) is 4.60. The molecule has 0 fully saturated rings. The van der Waals surface area contributed by atoms with Gasteiger partial charge < -0.3 is 9.30 Å². The molecule has 26 heavy (non-hydrogen) atoms. The van der Waals surface area contributed by atoms with Gasteiger partial charge >= 0.3 is 6.18 Å². The molecule has 6 heteroatoms. The van der Waals surface area contributed by atoms with Crippen molar-refractivity contribution in [3.05, 3.63) is 65.4 Å². The third-order valence-corrected chi connectivity index (χ3v) is 4.37. The molecular formula is C20H18F3NO2. The number of para-hydroxylation sites is 1. The van der Waals surface area contributed by atoms with Crippen LogP contribution in [0, 0.1) is 13.8 Å². The van der Waals surface area contributed by atoms with Crippen molar-refractivity contribution < 1.29 is 22.7 Å². The van der Waals surface area contributed by atoms with Gasteiger partial charge in [-0.3, -0.25) is 4.79 Å². The highest BCUT2D eigenvalue weighted by molar-refractivity contribution is 6.10. The zero-order valence-electron chi connectivity index (χ0n) is 14.4. The molecule has 3 rings (SSSR count). The lowest BCUT2D eigenvalue weighted by Gasteiger charge is -2.10. The smallest absolute Gasteiger partial charge is 0.454 e. The maximum absolute atomic E-state index is 12.8. The van der Waals surface area contributed by atoms with E-state index < -0.39 is 12.0 Å². The van der Waals surface area contributed by atoms with Gasteiger partial charge in [-0.1, -0.05) is 24.3 Å². The Kier molecular flexibility index (Phi) is 4.76. The molecule has 1 heterocycles. The second-order valence-electron chi connectivity index (χ2n) is 6.17. The first-order valence-electron chi connectivity index (χ1n) is 8.17. The third-order valence-electron chi connectivity index (χ3n) is 4.37. The van der Waals surface area contributed by atoms with Crippen LogP contribution >= 0.6 is 0 Å². The molecule has 0 atom stereocenters. The summed E-state index contributed by atoms with van der Waals surface area (Å²) in [4.78, 5) is 11.7.